The third kappa shape index (κ3) is 3.82. The van der Waals surface area contributed by atoms with Crippen LogP contribution in [-0.4, -0.2) is 19.6 Å². The predicted molar refractivity (Wildman–Crippen MR) is 115 cm³/mol. The lowest BCUT2D eigenvalue weighted by Gasteiger charge is -2.23. The van der Waals surface area contributed by atoms with Gasteiger partial charge in [-0.05, 0) is 67.1 Å². The molecule has 1 heterocycles. The Hall–Kier alpha value is -2.24. The van der Waals surface area contributed by atoms with Gasteiger partial charge in [-0.15, -0.1) is 17.1 Å². The van der Waals surface area contributed by atoms with E-state index >= 15 is 0 Å². The third-order valence-corrected chi connectivity index (χ3v) is 5.62. The van der Waals surface area contributed by atoms with E-state index in [-0.39, 0.29) is 11.9 Å². The zero-order chi connectivity index (χ0) is 20.4. The number of nitrogens with zero attached hydrogens (tertiary/aromatic N) is 2. The molecule has 1 unspecified atom stereocenters. The number of hydrogen-bond donors (Lipinski definition) is 1. The highest BCUT2D eigenvalue weighted by molar-refractivity contribution is 6.17. The molecular weight excluding hydrogens is 374 g/mol. The molecule has 28 heavy (non-hydrogen) atoms. The van der Waals surface area contributed by atoms with Gasteiger partial charge in [0.05, 0.1) is 30.1 Å². The van der Waals surface area contributed by atoms with Crippen molar-refractivity contribution in [2.45, 2.75) is 45.9 Å². The lowest BCUT2D eigenvalue weighted by molar-refractivity contribution is -0.143. The van der Waals surface area contributed by atoms with E-state index in [0.717, 1.165) is 33.8 Å². The van der Waals surface area contributed by atoms with Crippen LogP contribution in [0.1, 0.15) is 48.4 Å². The summed E-state index contributed by atoms with van der Waals surface area (Å²) in [5.74, 6) is 0.395. The first-order chi connectivity index (χ1) is 13.4. The maximum Gasteiger partial charge on any atom is 0.306 e. The molecule has 1 atom stereocenters. The van der Waals surface area contributed by atoms with Crippen molar-refractivity contribution >= 4 is 34.6 Å². The number of rotatable bonds is 6. The minimum absolute atomic E-state index is 0.0773. The molecule has 1 aliphatic rings. The van der Waals surface area contributed by atoms with Crippen molar-refractivity contribution in [1.82, 2.24) is 5.53 Å². The fourth-order valence-electron chi connectivity index (χ4n) is 3.75. The predicted octanol–water partition coefficient (Wildman–Crippen LogP) is 5.11. The van der Waals surface area contributed by atoms with Crippen LogP contribution in [0.3, 0.4) is 0 Å². The van der Waals surface area contributed by atoms with Crippen LogP contribution in [0.5, 0.6) is 0 Å². The molecule has 0 aliphatic carbocycles. The van der Waals surface area contributed by atoms with E-state index in [1.165, 1.54) is 5.56 Å². The number of hydrogen-bond acceptors (Lipinski definition) is 5. The molecule has 150 valence electrons. The molecule has 0 radical (unpaired) electrons. The molecule has 0 spiro atoms. The molecule has 2 aromatic rings. The number of esters is 1. The Labute approximate surface area is 172 Å². The highest BCUT2D eigenvalue weighted by Gasteiger charge is 2.29. The number of anilines is 3. The number of halogens is 1. The molecule has 2 aromatic carbocycles. The maximum atomic E-state index is 11.9. The van der Waals surface area contributed by atoms with Crippen LogP contribution in [0.4, 0.5) is 17.1 Å². The largest absolute Gasteiger partial charge is 0.466 e. The molecule has 0 saturated carbocycles. The van der Waals surface area contributed by atoms with E-state index < -0.39 is 0 Å². The summed E-state index contributed by atoms with van der Waals surface area (Å²) in [6, 6.07) is 10.5. The molecule has 0 saturated heterocycles. The van der Waals surface area contributed by atoms with E-state index in [1.807, 2.05) is 19.0 Å². The van der Waals surface area contributed by atoms with Gasteiger partial charge in [0, 0.05) is 12.9 Å². The maximum absolute atomic E-state index is 11.9. The second-order valence-corrected chi connectivity index (χ2v) is 7.56. The first kappa shape index (κ1) is 20.5. The SMILES string of the molecule is CCOC(=O)CC(C)c1ccc2c(c1C)N(c1ccc(C)c(CCl)c1)NN2C. The van der Waals surface area contributed by atoms with E-state index in [1.54, 1.807) is 0 Å². The second kappa shape index (κ2) is 8.41. The van der Waals surface area contributed by atoms with Gasteiger partial charge in [-0.25, -0.2) is 0 Å². The van der Waals surface area contributed by atoms with Gasteiger partial charge in [0.15, 0.2) is 0 Å². The van der Waals surface area contributed by atoms with Crippen molar-refractivity contribution in [3.8, 4) is 0 Å². The van der Waals surface area contributed by atoms with E-state index in [2.05, 4.69) is 61.6 Å². The number of fused-ring (bicyclic) bond motifs is 1. The number of hydrazine groups is 2. The zero-order valence-electron chi connectivity index (χ0n) is 17.2. The highest BCUT2D eigenvalue weighted by Crippen LogP contribution is 2.43. The zero-order valence-corrected chi connectivity index (χ0v) is 17.9. The smallest absolute Gasteiger partial charge is 0.306 e. The van der Waals surface area contributed by atoms with E-state index in [4.69, 9.17) is 16.3 Å². The van der Waals surface area contributed by atoms with Crippen LogP contribution in [0.2, 0.25) is 0 Å². The van der Waals surface area contributed by atoms with Crippen molar-refractivity contribution in [3.05, 3.63) is 52.6 Å². The average Bonchev–Trinajstić information content (AvgIpc) is 3.00. The molecular formula is C22H28ClN3O2. The topological polar surface area (TPSA) is 44.8 Å². The van der Waals surface area contributed by atoms with E-state index in [0.29, 0.717) is 18.9 Å². The summed E-state index contributed by atoms with van der Waals surface area (Å²) in [7, 11) is 2.00. The molecule has 3 rings (SSSR count). The Balaban J connectivity index is 2.00. The molecule has 0 bridgehead atoms. The summed E-state index contributed by atoms with van der Waals surface area (Å²) in [5.41, 5.74) is 11.2. The molecule has 0 fully saturated rings. The minimum atomic E-state index is -0.160. The van der Waals surface area contributed by atoms with Crippen molar-refractivity contribution in [2.75, 3.05) is 23.7 Å². The minimum Gasteiger partial charge on any atom is -0.466 e. The number of ether oxygens (including phenoxy) is 1. The molecule has 1 N–H and O–H groups in total. The second-order valence-electron chi connectivity index (χ2n) is 7.30. The van der Waals surface area contributed by atoms with Crippen LogP contribution in [0, 0.1) is 13.8 Å². The summed E-state index contributed by atoms with van der Waals surface area (Å²) in [5, 5.41) is 4.09. The fraction of sp³-hybridized carbons (Fsp3) is 0.409. The van der Waals surface area contributed by atoms with Crippen LogP contribution < -0.4 is 15.6 Å². The van der Waals surface area contributed by atoms with Crippen molar-refractivity contribution < 1.29 is 9.53 Å². The van der Waals surface area contributed by atoms with Crippen molar-refractivity contribution in [3.63, 3.8) is 0 Å². The van der Waals surface area contributed by atoms with Crippen LogP contribution in [0.15, 0.2) is 30.3 Å². The Morgan fingerprint density at radius 2 is 2.00 bits per heavy atom. The summed E-state index contributed by atoms with van der Waals surface area (Å²) in [4.78, 5) is 11.9. The molecule has 1 aliphatic heterocycles. The molecule has 6 heteroatoms. The average molecular weight is 402 g/mol. The quantitative estimate of drug-likeness (QED) is 0.538. The van der Waals surface area contributed by atoms with Gasteiger partial charge in [0.1, 0.15) is 0 Å². The van der Waals surface area contributed by atoms with Crippen molar-refractivity contribution in [2.24, 2.45) is 0 Å². The Kier molecular flexibility index (Phi) is 6.16. The van der Waals surface area contributed by atoms with Crippen LogP contribution >= 0.6 is 11.6 Å². The third-order valence-electron chi connectivity index (χ3n) is 5.33. The summed E-state index contributed by atoms with van der Waals surface area (Å²) >= 11 is 6.12. The number of benzene rings is 2. The van der Waals surface area contributed by atoms with Gasteiger partial charge >= 0.3 is 5.97 Å². The van der Waals surface area contributed by atoms with Gasteiger partial charge in [0.25, 0.3) is 0 Å². The number of alkyl halides is 1. The van der Waals surface area contributed by atoms with E-state index in [9.17, 15) is 4.79 Å². The monoisotopic (exact) mass is 401 g/mol. The van der Waals surface area contributed by atoms with Gasteiger partial charge in [0.2, 0.25) is 0 Å². The summed E-state index contributed by atoms with van der Waals surface area (Å²) < 4.78 is 5.13. The van der Waals surface area contributed by atoms with Crippen LogP contribution in [0.25, 0.3) is 0 Å². The number of nitrogens with one attached hydrogen (secondary N) is 1. The van der Waals surface area contributed by atoms with Gasteiger partial charge in [-0.3, -0.25) is 14.8 Å². The molecule has 0 amide bonds. The highest BCUT2D eigenvalue weighted by atomic mass is 35.5. The number of aryl methyl sites for hydroxylation is 1. The van der Waals surface area contributed by atoms with Gasteiger partial charge < -0.3 is 4.74 Å². The standard InChI is InChI=1S/C22H28ClN3O2/c1-6-28-21(27)11-15(3)19-9-10-20-22(16(19)4)26(24-25(20)5)18-8-7-14(2)17(12-18)13-23/h7-10,12,15,24H,6,11,13H2,1-5H3. The van der Waals surface area contributed by atoms with Crippen LogP contribution in [-0.2, 0) is 15.4 Å². The van der Waals surface area contributed by atoms with Gasteiger partial charge in [-0.2, -0.15) is 0 Å². The Morgan fingerprint density at radius 1 is 1.25 bits per heavy atom. The fourth-order valence-corrected chi connectivity index (χ4v) is 4.04. The van der Waals surface area contributed by atoms with Crippen molar-refractivity contribution in [1.29, 1.82) is 0 Å². The summed E-state index contributed by atoms with van der Waals surface area (Å²) in [6.07, 6.45) is 0.373. The normalized spacial score (nSPS) is 14.2. The first-order valence-electron chi connectivity index (χ1n) is 9.62. The lowest BCUT2D eigenvalue weighted by atomic mass is 9.92. The summed E-state index contributed by atoms with van der Waals surface area (Å²) in [6.45, 7) is 8.49. The Morgan fingerprint density at radius 3 is 2.68 bits per heavy atom. The lowest BCUT2D eigenvalue weighted by Crippen LogP contribution is -2.39. The number of carbonyl (C=O) groups is 1. The Bertz CT molecular complexity index is 884. The molecule has 5 nitrogen and oxygen atoms in total. The first-order valence-corrected chi connectivity index (χ1v) is 10.2. The number of carbonyl (C=O) groups excluding carboxylic acids is 1. The molecule has 0 aromatic heterocycles. The van der Waals surface area contributed by atoms with Gasteiger partial charge in [-0.1, -0.05) is 19.1 Å².